The van der Waals surface area contributed by atoms with Crippen molar-refractivity contribution in [3.05, 3.63) is 17.0 Å². The van der Waals surface area contributed by atoms with E-state index in [2.05, 4.69) is 22.2 Å². The predicted molar refractivity (Wildman–Crippen MR) is 71.7 cm³/mol. The average Bonchev–Trinajstić information content (AvgIpc) is 2.37. The highest BCUT2D eigenvalue weighted by molar-refractivity contribution is 6.29. The molecule has 3 nitrogen and oxygen atoms in total. The molecular formula is C13H17ClF3N3. The third-order valence-electron chi connectivity index (χ3n) is 3.72. The van der Waals surface area contributed by atoms with E-state index in [-0.39, 0.29) is 17.0 Å². The molecule has 0 spiro atoms. The number of anilines is 1. The Hall–Kier alpha value is -1.04. The van der Waals surface area contributed by atoms with E-state index in [1.54, 1.807) is 0 Å². The first-order valence-corrected chi connectivity index (χ1v) is 7.16. The van der Waals surface area contributed by atoms with Gasteiger partial charge in [-0.2, -0.15) is 13.2 Å². The lowest BCUT2D eigenvalue weighted by atomic mass is 9.83. The second-order valence-electron chi connectivity index (χ2n) is 5.10. The molecule has 0 aromatic carbocycles. The molecule has 7 heteroatoms. The summed E-state index contributed by atoms with van der Waals surface area (Å²) in [5, 5.41) is 2.90. The lowest BCUT2D eigenvalue weighted by molar-refractivity contribution is -0.144. The monoisotopic (exact) mass is 307 g/mol. The van der Waals surface area contributed by atoms with Gasteiger partial charge in [0.25, 0.3) is 0 Å². The van der Waals surface area contributed by atoms with Gasteiger partial charge in [-0.15, -0.1) is 0 Å². The van der Waals surface area contributed by atoms with Crippen molar-refractivity contribution >= 4 is 17.4 Å². The van der Waals surface area contributed by atoms with Gasteiger partial charge in [0.05, 0.1) is 0 Å². The Labute approximate surface area is 120 Å². The molecule has 0 amide bonds. The van der Waals surface area contributed by atoms with Gasteiger partial charge in [-0.05, 0) is 18.8 Å². The van der Waals surface area contributed by atoms with E-state index in [1.807, 2.05) is 0 Å². The van der Waals surface area contributed by atoms with E-state index in [9.17, 15) is 13.2 Å². The van der Waals surface area contributed by atoms with E-state index in [4.69, 9.17) is 11.6 Å². The summed E-state index contributed by atoms with van der Waals surface area (Å²) < 4.78 is 38.0. The average molecular weight is 308 g/mol. The van der Waals surface area contributed by atoms with Gasteiger partial charge in [-0.3, -0.25) is 0 Å². The summed E-state index contributed by atoms with van der Waals surface area (Å²) in [6.07, 6.45) is 0.718. The van der Waals surface area contributed by atoms with Crippen LogP contribution >= 0.6 is 11.6 Å². The first-order chi connectivity index (χ1) is 9.40. The van der Waals surface area contributed by atoms with Crippen LogP contribution in [-0.2, 0) is 6.18 Å². The second kappa shape index (κ2) is 6.16. The van der Waals surface area contributed by atoms with Crippen LogP contribution in [0.3, 0.4) is 0 Å². The smallest absolute Gasteiger partial charge is 0.367 e. The van der Waals surface area contributed by atoms with Crippen molar-refractivity contribution in [1.29, 1.82) is 0 Å². The van der Waals surface area contributed by atoms with Gasteiger partial charge in [0.15, 0.2) is 0 Å². The highest BCUT2D eigenvalue weighted by Gasteiger charge is 2.35. The van der Waals surface area contributed by atoms with E-state index in [0.717, 1.165) is 25.7 Å². The Kier molecular flexibility index (Phi) is 4.73. The number of alkyl halides is 3. The quantitative estimate of drug-likeness (QED) is 0.834. The first kappa shape index (κ1) is 15.4. The van der Waals surface area contributed by atoms with Crippen LogP contribution in [-0.4, -0.2) is 16.0 Å². The molecule has 2 atom stereocenters. The van der Waals surface area contributed by atoms with Gasteiger partial charge in [-0.1, -0.05) is 37.8 Å². The summed E-state index contributed by atoms with van der Waals surface area (Å²) >= 11 is 5.65. The number of rotatable bonds is 3. The van der Waals surface area contributed by atoms with Gasteiger partial charge >= 0.3 is 6.18 Å². The molecule has 1 aromatic rings. The third kappa shape index (κ3) is 3.75. The lowest BCUT2D eigenvalue weighted by Gasteiger charge is -2.32. The predicted octanol–water partition coefficient (Wildman–Crippen LogP) is 4.53. The zero-order chi connectivity index (χ0) is 14.8. The molecule has 1 saturated carbocycles. The number of nitrogens with zero attached hydrogens (tertiary/aromatic N) is 2. The summed E-state index contributed by atoms with van der Waals surface area (Å²) in [4.78, 5) is 6.76. The number of hydrogen-bond donors (Lipinski definition) is 1. The van der Waals surface area contributed by atoms with E-state index in [0.29, 0.717) is 5.92 Å². The normalized spacial score (nSPS) is 23.6. The summed E-state index contributed by atoms with van der Waals surface area (Å²) in [5.41, 5.74) is 0. The Morgan fingerprint density at radius 2 is 2.00 bits per heavy atom. The highest BCUT2D eigenvalue weighted by atomic mass is 35.5. The first-order valence-electron chi connectivity index (χ1n) is 6.78. The molecule has 1 N–H and O–H groups in total. The second-order valence-corrected chi connectivity index (χ2v) is 5.49. The zero-order valence-electron chi connectivity index (χ0n) is 11.2. The van der Waals surface area contributed by atoms with E-state index < -0.39 is 12.0 Å². The van der Waals surface area contributed by atoms with Crippen molar-refractivity contribution in [2.24, 2.45) is 5.92 Å². The standard InChI is InChI=1S/C13H17ClF3N3/c1-2-8-5-3-4-6-9(8)18-11-7-10(14)19-12(20-11)13(15,16)17/h7-9H,2-6H2,1H3,(H,18,19,20). The largest absolute Gasteiger partial charge is 0.451 e. The van der Waals surface area contributed by atoms with Crippen LogP contribution < -0.4 is 5.32 Å². The Morgan fingerprint density at radius 1 is 1.30 bits per heavy atom. The molecule has 20 heavy (non-hydrogen) atoms. The van der Waals surface area contributed by atoms with Crippen molar-refractivity contribution in [3.8, 4) is 0 Å². The van der Waals surface area contributed by atoms with Crippen molar-refractivity contribution in [2.45, 2.75) is 51.2 Å². The molecule has 1 heterocycles. The Bertz CT molecular complexity index is 465. The molecule has 2 unspecified atom stereocenters. The third-order valence-corrected chi connectivity index (χ3v) is 3.91. The van der Waals surface area contributed by atoms with Gasteiger partial charge in [-0.25, -0.2) is 9.97 Å². The topological polar surface area (TPSA) is 37.8 Å². The zero-order valence-corrected chi connectivity index (χ0v) is 11.9. The minimum Gasteiger partial charge on any atom is -0.367 e. The molecule has 1 aliphatic carbocycles. The minimum atomic E-state index is -4.59. The number of nitrogens with one attached hydrogen (secondary N) is 1. The number of hydrogen-bond acceptors (Lipinski definition) is 3. The van der Waals surface area contributed by atoms with Crippen molar-refractivity contribution in [3.63, 3.8) is 0 Å². The van der Waals surface area contributed by atoms with Crippen molar-refractivity contribution < 1.29 is 13.2 Å². The minimum absolute atomic E-state index is 0.154. The van der Waals surface area contributed by atoms with Crippen LogP contribution in [0.5, 0.6) is 0 Å². The molecule has 0 radical (unpaired) electrons. The van der Waals surface area contributed by atoms with Crippen LogP contribution in [0.15, 0.2) is 6.07 Å². The lowest BCUT2D eigenvalue weighted by Crippen LogP contribution is -2.32. The fourth-order valence-corrected chi connectivity index (χ4v) is 2.88. The number of halogens is 4. The van der Waals surface area contributed by atoms with Gasteiger partial charge < -0.3 is 5.32 Å². The van der Waals surface area contributed by atoms with Crippen LogP contribution in [0.1, 0.15) is 44.9 Å². The van der Waals surface area contributed by atoms with Crippen LogP contribution in [0.2, 0.25) is 5.15 Å². The maximum Gasteiger partial charge on any atom is 0.451 e. The molecule has 112 valence electrons. The van der Waals surface area contributed by atoms with Gasteiger partial charge in [0.1, 0.15) is 11.0 Å². The van der Waals surface area contributed by atoms with Crippen LogP contribution in [0, 0.1) is 5.92 Å². The summed E-state index contributed by atoms with van der Waals surface area (Å²) in [7, 11) is 0. The molecule has 2 rings (SSSR count). The highest BCUT2D eigenvalue weighted by Crippen LogP contribution is 2.31. The van der Waals surface area contributed by atoms with Crippen LogP contribution in [0.25, 0.3) is 0 Å². The molecule has 0 saturated heterocycles. The fraction of sp³-hybridized carbons (Fsp3) is 0.692. The Balaban J connectivity index is 2.18. The van der Waals surface area contributed by atoms with E-state index in [1.165, 1.54) is 12.5 Å². The fourth-order valence-electron chi connectivity index (χ4n) is 2.69. The van der Waals surface area contributed by atoms with Crippen molar-refractivity contribution in [1.82, 2.24) is 9.97 Å². The summed E-state index contributed by atoms with van der Waals surface area (Å²) in [6.45, 7) is 2.10. The molecular weight excluding hydrogens is 291 g/mol. The van der Waals surface area contributed by atoms with Crippen molar-refractivity contribution in [2.75, 3.05) is 5.32 Å². The Morgan fingerprint density at radius 3 is 2.65 bits per heavy atom. The van der Waals surface area contributed by atoms with Gasteiger partial charge in [0, 0.05) is 12.1 Å². The summed E-state index contributed by atoms with van der Waals surface area (Å²) in [6, 6.07) is 1.50. The SMILES string of the molecule is CCC1CCCCC1Nc1cc(Cl)nc(C(F)(F)F)n1. The molecule has 0 bridgehead atoms. The molecule has 1 fully saturated rings. The molecule has 0 aliphatic heterocycles. The summed E-state index contributed by atoms with van der Waals surface area (Å²) in [5.74, 6) is -0.578. The van der Waals surface area contributed by atoms with Gasteiger partial charge in [0.2, 0.25) is 5.82 Å². The number of aromatic nitrogens is 2. The maximum atomic E-state index is 12.7. The van der Waals surface area contributed by atoms with Crippen LogP contribution in [0.4, 0.5) is 19.0 Å². The molecule has 1 aromatic heterocycles. The molecule has 1 aliphatic rings. The van der Waals surface area contributed by atoms with E-state index >= 15 is 0 Å². The maximum absolute atomic E-state index is 12.7.